The molecule has 2 N–H and O–H groups in total. The molecule has 0 saturated carbocycles. The lowest BCUT2D eigenvalue weighted by Crippen LogP contribution is -2.17. The zero-order valence-corrected chi connectivity index (χ0v) is 9.32. The van der Waals surface area contributed by atoms with E-state index < -0.39 is 46.9 Å². The van der Waals surface area contributed by atoms with E-state index in [4.69, 9.17) is 17.3 Å². The van der Waals surface area contributed by atoms with Crippen LogP contribution in [0.4, 0.5) is 22.0 Å². The highest BCUT2D eigenvalue weighted by atomic mass is 35.5. The number of halogens is 6. The molecule has 0 amide bonds. The van der Waals surface area contributed by atoms with Gasteiger partial charge in [-0.25, -0.2) is 13.8 Å². The van der Waals surface area contributed by atoms with Crippen molar-refractivity contribution < 1.29 is 26.7 Å². The van der Waals surface area contributed by atoms with Crippen molar-refractivity contribution in [3.8, 4) is 0 Å². The van der Waals surface area contributed by atoms with E-state index in [9.17, 15) is 26.7 Å². The number of aromatic nitrogens is 1. The number of hydrogen-bond acceptors (Lipinski definition) is 3. The van der Waals surface area contributed by atoms with E-state index in [1.54, 1.807) is 0 Å². The van der Waals surface area contributed by atoms with Crippen molar-refractivity contribution in [2.75, 3.05) is 0 Å². The Hall–Kier alpha value is -1.28. The molecule has 9 heteroatoms. The number of hydrogen-bond donors (Lipinski definition) is 1. The van der Waals surface area contributed by atoms with Crippen LogP contribution in [0.15, 0.2) is 6.07 Å². The SMILES string of the molecule is NCc1cc(C(F)(F)F)c(C(=O)Cl)c(C(F)F)n1. The third-order valence-corrected chi connectivity index (χ3v) is 2.21. The van der Waals surface area contributed by atoms with E-state index in [1.165, 1.54) is 0 Å². The van der Waals surface area contributed by atoms with Gasteiger partial charge in [0.05, 0.1) is 16.8 Å². The zero-order valence-electron chi connectivity index (χ0n) is 8.56. The maximum absolute atomic E-state index is 12.6. The van der Waals surface area contributed by atoms with Gasteiger partial charge in [-0.05, 0) is 17.7 Å². The van der Waals surface area contributed by atoms with Gasteiger partial charge in [0.25, 0.3) is 11.7 Å². The Bertz CT molecular complexity index is 475. The first-order valence-electron chi connectivity index (χ1n) is 4.47. The minimum absolute atomic E-state index is 0.403. The number of pyridine rings is 1. The van der Waals surface area contributed by atoms with Gasteiger partial charge in [-0.1, -0.05) is 0 Å². The van der Waals surface area contributed by atoms with Crippen LogP contribution in [0.1, 0.15) is 33.7 Å². The molecule has 0 radical (unpaired) electrons. The van der Waals surface area contributed by atoms with Crippen LogP contribution in [-0.2, 0) is 12.7 Å². The highest BCUT2D eigenvalue weighted by molar-refractivity contribution is 6.68. The third-order valence-electron chi connectivity index (χ3n) is 2.02. The average molecular weight is 289 g/mol. The molecule has 0 bridgehead atoms. The summed E-state index contributed by atoms with van der Waals surface area (Å²) in [4.78, 5) is 14.1. The maximum atomic E-state index is 12.6. The topological polar surface area (TPSA) is 56.0 Å². The highest BCUT2D eigenvalue weighted by Gasteiger charge is 2.38. The maximum Gasteiger partial charge on any atom is 0.417 e. The van der Waals surface area contributed by atoms with Crippen molar-refractivity contribution in [2.45, 2.75) is 19.1 Å². The van der Waals surface area contributed by atoms with Gasteiger partial charge >= 0.3 is 6.18 Å². The Kier molecular flexibility index (Phi) is 4.23. The summed E-state index contributed by atoms with van der Waals surface area (Å²) in [7, 11) is 0. The standard InChI is InChI=1S/C9H6ClF5N2O/c10-7(18)5-4(9(13,14)15)1-3(2-16)17-6(5)8(11)12/h1,8H,2,16H2. The molecule has 3 nitrogen and oxygen atoms in total. The van der Waals surface area contributed by atoms with Gasteiger partial charge in [-0.2, -0.15) is 13.2 Å². The van der Waals surface area contributed by atoms with Gasteiger partial charge in [-0.3, -0.25) is 4.79 Å². The summed E-state index contributed by atoms with van der Waals surface area (Å²) in [5, 5.41) is -1.64. The number of alkyl halides is 5. The predicted octanol–water partition coefficient (Wildman–Crippen LogP) is 2.88. The molecule has 1 aromatic rings. The minimum atomic E-state index is -5.00. The van der Waals surface area contributed by atoms with Crippen molar-refractivity contribution in [3.63, 3.8) is 0 Å². The smallest absolute Gasteiger partial charge is 0.325 e. The zero-order chi connectivity index (χ0) is 14.1. The second-order valence-corrected chi connectivity index (χ2v) is 3.54. The number of carbonyl (C=O) groups excluding carboxylic acids is 1. The van der Waals surface area contributed by atoms with E-state index >= 15 is 0 Å². The molecule has 0 aliphatic rings. The van der Waals surface area contributed by atoms with Crippen LogP contribution in [0, 0.1) is 0 Å². The molecule has 0 saturated heterocycles. The fourth-order valence-electron chi connectivity index (χ4n) is 1.31. The Balaban J connectivity index is 3.66. The monoisotopic (exact) mass is 288 g/mol. The van der Waals surface area contributed by atoms with Crippen LogP contribution in [0.25, 0.3) is 0 Å². The van der Waals surface area contributed by atoms with Crippen molar-refractivity contribution in [2.24, 2.45) is 5.73 Å². The highest BCUT2D eigenvalue weighted by Crippen LogP contribution is 2.36. The normalized spacial score (nSPS) is 12.0. The lowest BCUT2D eigenvalue weighted by atomic mass is 10.1. The molecule has 0 aromatic carbocycles. The summed E-state index contributed by atoms with van der Waals surface area (Å²) in [6.45, 7) is -0.473. The predicted molar refractivity (Wildman–Crippen MR) is 52.3 cm³/mol. The number of rotatable bonds is 3. The molecule has 0 atom stereocenters. The van der Waals surface area contributed by atoms with E-state index in [0.29, 0.717) is 6.07 Å². The molecule has 18 heavy (non-hydrogen) atoms. The summed E-state index contributed by atoms with van der Waals surface area (Å²) in [5.74, 6) is 0. The van der Waals surface area contributed by atoms with Crippen molar-refractivity contribution in [1.29, 1.82) is 0 Å². The molecule has 0 aliphatic carbocycles. The number of nitrogens with zero attached hydrogens (tertiary/aromatic N) is 1. The molecule has 100 valence electrons. The first-order valence-corrected chi connectivity index (χ1v) is 4.85. The third kappa shape index (κ3) is 2.94. The summed E-state index contributed by atoms with van der Waals surface area (Å²) in [6, 6.07) is 0.432. The molecule has 1 rings (SSSR count). The van der Waals surface area contributed by atoms with E-state index in [0.717, 1.165) is 0 Å². The van der Waals surface area contributed by atoms with Crippen LogP contribution in [0.5, 0.6) is 0 Å². The van der Waals surface area contributed by atoms with E-state index in [2.05, 4.69) is 4.98 Å². The Morgan fingerprint density at radius 3 is 2.33 bits per heavy atom. The van der Waals surface area contributed by atoms with Gasteiger partial charge < -0.3 is 5.73 Å². The van der Waals surface area contributed by atoms with Gasteiger partial charge in [0.15, 0.2) is 0 Å². The van der Waals surface area contributed by atoms with Gasteiger partial charge in [0, 0.05) is 6.54 Å². The summed E-state index contributed by atoms with van der Waals surface area (Å²) < 4.78 is 63.1. The molecule has 0 aliphatic heterocycles. The van der Waals surface area contributed by atoms with E-state index in [1.807, 2.05) is 0 Å². The minimum Gasteiger partial charge on any atom is -0.325 e. The molecule has 0 fully saturated rings. The lowest BCUT2D eigenvalue weighted by molar-refractivity contribution is -0.138. The second-order valence-electron chi connectivity index (χ2n) is 3.20. The van der Waals surface area contributed by atoms with Crippen LogP contribution >= 0.6 is 11.6 Å². The van der Waals surface area contributed by atoms with Crippen LogP contribution in [0.2, 0.25) is 0 Å². The number of carbonyl (C=O) groups is 1. The van der Waals surface area contributed by atoms with Crippen LogP contribution in [-0.4, -0.2) is 10.2 Å². The van der Waals surface area contributed by atoms with Crippen molar-refractivity contribution in [1.82, 2.24) is 4.98 Å². The molecule has 0 spiro atoms. The molecule has 1 heterocycles. The van der Waals surface area contributed by atoms with Crippen LogP contribution < -0.4 is 5.73 Å². The first-order chi connectivity index (χ1) is 8.18. The van der Waals surface area contributed by atoms with Gasteiger partial charge in [-0.15, -0.1) is 0 Å². The molecule has 1 aromatic heterocycles. The van der Waals surface area contributed by atoms with Crippen molar-refractivity contribution in [3.05, 3.63) is 28.6 Å². The lowest BCUT2D eigenvalue weighted by Gasteiger charge is -2.15. The Morgan fingerprint density at radius 2 is 2.00 bits per heavy atom. The van der Waals surface area contributed by atoms with Crippen LogP contribution in [0.3, 0.4) is 0 Å². The van der Waals surface area contributed by atoms with Gasteiger partial charge in [0.1, 0.15) is 5.69 Å². The summed E-state index contributed by atoms with van der Waals surface area (Å²) in [6.07, 6.45) is -8.37. The quantitative estimate of drug-likeness (QED) is 0.687. The molecule has 0 unspecified atom stereocenters. The fraction of sp³-hybridized carbons (Fsp3) is 0.333. The first kappa shape index (κ1) is 14.8. The van der Waals surface area contributed by atoms with Crippen molar-refractivity contribution >= 4 is 16.8 Å². The Morgan fingerprint density at radius 1 is 1.44 bits per heavy atom. The van der Waals surface area contributed by atoms with E-state index in [-0.39, 0.29) is 0 Å². The Labute approximate surface area is 103 Å². The summed E-state index contributed by atoms with van der Waals surface area (Å²) in [5.41, 5.74) is 0.448. The fourth-order valence-corrected chi connectivity index (χ4v) is 1.51. The molecular formula is C9H6ClF5N2O. The molecular weight excluding hydrogens is 283 g/mol. The average Bonchev–Trinajstić information content (AvgIpc) is 2.25. The van der Waals surface area contributed by atoms with Gasteiger partial charge in [0.2, 0.25) is 0 Å². The second kappa shape index (κ2) is 5.15. The largest absolute Gasteiger partial charge is 0.417 e. The number of nitrogens with two attached hydrogens (primary N) is 1. The summed E-state index contributed by atoms with van der Waals surface area (Å²) >= 11 is 4.92.